The van der Waals surface area contributed by atoms with Crippen molar-refractivity contribution in [2.24, 2.45) is 0 Å². The highest BCUT2D eigenvalue weighted by Crippen LogP contribution is 2.38. The third-order valence-corrected chi connectivity index (χ3v) is 20.0. The van der Waals surface area contributed by atoms with Crippen LogP contribution in [-0.4, -0.2) is 183 Å². The summed E-state index contributed by atoms with van der Waals surface area (Å²) < 4.78 is 9.73. The minimum Gasteiger partial charge on any atom is -0.452 e. The largest absolute Gasteiger partial charge is 0.452 e. The molecule has 7 aromatic carbocycles. The molecule has 10 rings (SSSR count). The highest BCUT2D eigenvalue weighted by Gasteiger charge is 2.28. The predicted molar refractivity (Wildman–Crippen MR) is 389 cm³/mol. The van der Waals surface area contributed by atoms with E-state index in [4.69, 9.17) is 14.4 Å². The van der Waals surface area contributed by atoms with Gasteiger partial charge in [-0.3, -0.25) is 0 Å². The van der Waals surface area contributed by atoms with Gasteiger partial charge in [0.15, 0.2) is 5.58 Å². The number of benzene rings is 7. The van der Waals surface area contributed by atoms with Crippen LogP contribution in [0.2, 0.25) is 0 Å². The fourth-order valence-corrected chi connectivity index (χ4v) is 14.8. The Hall–Kier alpha value is -4.93. The molecule has 322 valence electrons. The van der Waals surface area contributed by atoms with Gasteiger partial charge in [0.2, 0.25) is 0 Å². The van der Waals surface area contributed by atoms with E-state index in [9.17, 15) is 0 Å². The Morgan fingerprint density at radius 3 is 1.49 bits per heavy atom. The molecule has 0 aliphatic rings. The minimum absolute atomic E-state index is 0.729. The molecule has 0 fully saturated rings. The smallest absolute Gasteiger partial charge is 0.180 e. The number of nitrogens with zero attached hydrogens (tertiary/aromatic N) is 2. The standard InChI is InChI=1S/C46H50B22N2OS/c47-10-5-11(48)17(26(53)16(10)20-33(60)38(65)34(61)21-22-35(62)39(66)40(67)41(68)46(22)72-45(20)21)43-44-42(69-6-70-43)8-3-7(1-2-13(8)71-44)14-25(52)18(32(59)37(64)27(14)54)19-30(57)28(55)15(29(56)31(19)58)9-4-12(49)24(51)36(63)23(9)50/h1-6H,47-68H2. The maximum absolute atomic E-state index is 6.94. The van der Waals surface area contributed by atoms with Crippen molar-refractivity contribution in [2.75, 3.05) is 0 Å². The first-order chi connectivity index (χ1) is 33.9. The van der Waals surface area contributed by atoms with Gasteiger partial charge >= 0.3 is 0 Å². The van der Waals surface area contributed by atoms with Crippen LogP contribution in [0.4, 0.5) is 0 Å². The lowest BCUT2D eigenvalue weighted by Gasteiger charge is -2.29. The molecular weight excluding hydrogens is 866 g/mol. The second kappa shape index (κ2) is 17.9. The number of hydrogen-bond acceptors (Lipinski definition) is 4. The third-order valence-electron chi connectivity index (χ3n) is 18.7. The van der Waals surface area contributed by atoms with Gasteiger partial charge in [-0.2, -0.15) is 0 Å². The third kappa shape index (κ3) is 7.09. The van der Waals surface area contributed by atoms with E-state index in [0.29, 0.717) is 0 Å². The SMILES string of the molecule is Bc1cc(-c2c(B)c(B)c(-c3c(B)c(B)c(B)c(-c4ccc5oc6c(-c7c(B)cc(B)c(-c8c(B)c(B)c(B)c9c8sc8c(B)c(B)c(B)c(B)c89)c7B)ncnc6c5c4)c3B)c(B)c2B)c(B)c(B)c1B. The number of thiophene rings is 1. The van der Waals surface area contributed by atoms with Crippen LogP contribution >= 0.6 is 11.3 Å². The van der Waals surface area contributed by atoms with Crippen molar-refractivity contribution in [1.29, 1.82) is 0 Å². The van der Waals surface area contributed by atoms with E-state index in [0.717, 1.165) is 33.3 Å². The molecule has 0 unspecified atom stereocenters. The van der Waals surface area contributed by atoms with Gasteiger partial charge in [-0.25, -0.2) is 9.97 Å². The van der Waals surface area contributed by atoms with Crippen molar-refractivity contribution in [3.63, 3.8) is 0 Å². The van der Waals surface area contributed by atoms with Crippen molar-refractivity contribution < 1.29 is 4.42 Å². The number of fused-ring (bicyclic) bond motifs is 6. The molecule has 72 heavy (non-hydrogen) atoms. The van der Waals surface area contributed by atoms with E-state index >= 15 is 0 Å². The van der Waals surface area contributed by atoms with Crippen LogP contribution in [0.3, 0.4) is 0 Å². The molecule has 0 radical (unpaired) electrons. The van der Waals surface area contributed by atoms with Crippen molar-refractivity contribution >= 4 is 346 Å². The van der Waals surface area contributed by atoms with E-state index in [1.54, 1.807) is 6.33 Å². The fraction of sp³-hybridized carbons (Fsp3) is 0. The van der Waals surface area contributed by atoms with Crippen LogP contribution in [0.25, 0.3) is 98.0 Å². The molecule has 0 saturated heterocycles. The Kier molecular flexibility index (Phi) is 12.6. The van der Waals surface area contributed by atoms with Crippen LogP contribution in [0.5, 0.6) is 0 Å². The van der Waals surface area contributed by atoms with E-state index in [-0.39, 0.29) is 0 Å². The number of hydrogen-bond donors (Lipinski definition) is 0. The minimum atomic E-state index is 0.729. The summed E-state index contributed by atoms with van der Waals surface area (Å²) in [5.41, 5.74) is 44.4. The quantitative estimate of drug-likeness (QED) is 0.162. The zero-order valence-corrected chi connectivity index (χ0v) is 48.0. The van der Waals surface area contributed by atoms with Crippen molar-refractivity contribution in [1.82, 2.24) is 9.97 Å². The molecule has 3 aromatic heterocycles. The lowest BCUT2D eigenvalue weighted by Crippen LogP contribution is -2.52. The Balaban J connectivity index is 1.16. The van der Waals surface area contributed by atoms with E-state index in [1.165, 1.54) is 185 Å². The molecule has 0 saturated carbocycles. The van der Waals surface area contributed by atoms with Crippen molar-refractivity contribution in [3.8, 4) is 55.8 Å². The summed E-state index contributed by atoms with van der Waals surface area (Å²) in [4.78, 5) is 10.1. The van der Waals surface area contributed by atoms with Crippen molar-refractivity contribution in [3.05, 3.63) is 36.7 Å². The summed E-state index contributed by atoms with van der Waals surface area (Å²) in [5, 5.41) is 3.83. The zero-order chi connectivity index (χ0) is 52.2. The molecule has 0 atom stereocenters. The normalized spacial score (nSPS) is 11.7. The molecule has 0 aliphatic heterocycles. The lowest BCUT2D eigenvalue weighted by molar-refractivity contribution is 0.667. The molecule has 10 aromatic rings. The fourth-order valence-electron chi connectivity index (χ4n) is 13.2. The lowest BCUT2D eigenvalue weighted by atomic mass is 9.56. The maximum Gasteiger partial charge on any atom is 0.180 e. The number of furan rings is 1. The van der Waals surface area contributed by atoms with Gasteiger partial charge in [-0.1, -0.05) is 106 Å². The summed E-state index contributed by atoms with van der Waals surface area (Å²) in [6.45, 7) is 0. The molecule has 0 N–H and O–H groups in total. The Labute approximate surface area is 450 Å². The average Bonchev–Trinajstić information content (AvgIpc) is 3.93. The van der Waals surface area contributed by atoms with Crippen LogP contribution in [-0.2, 0) is 0 Å². The Bertz CT molecular complexity index is 4120. The molecule has 0 spiro atoms. The summed E-state index contributed by atoms with van der Waals surface area (Å²) in [7, 11) is 50.7. The zero-order valence-electron chi connectivity index (χ0n) is 47.2. The first-order valence-electron chi connectivity index (χ1n) is 25.9. The van der Waals surface area contributed by atoms with E-state index < -0.39 is 0 Å². The first-order valence-corrected chi connectivity index (χ1v) is 26.7. The first kappa shape index (κ1) is 50.6. The van der Waals surface area contributed by atoms with Gasteiger partial charge in [0.1, 0.15) is 196 Å². The molecule has 0 amide bonds. The van der Waals surface area contributed by atoms with E-state index in [2.05, 4.69) is 203 Å². The summed E-state index contributed by atoms with van der Waals surface area (Å²) >= 11 is 1.97. The Morgan fingerprint density at radius 2 is 0.833 bits per heavy atom. The highest BCUT2D eigenvalue weighted by molar-refractivity contribution is 7.28. The van der Waals surface area contributed by atoms with Gasteiger partial charge in [0.05, 0.1) is 0 Å². The van der Waals surface area contributed by atoms with Crippen LogP contribution < -0.4 is 120 Å². The van der Waals surface area contributed by atoms with Gasteiger partial charge in [0, 0.05) is 14.8 Å². The van der Waals surface area contributed by atoms with E-state index in [1.807, 2.05) is 11.3 Å². The van der Waals surface area contributed by atoms with Gasteiger partial charge < -0.3 is 4.42 Å². The number of rotatable bonds is 5. The molecule has 0 bridgehead atoms. The summed E-state index contributed by atoms with van der Waals surface area (Å²) in [6.07, 6.45) is 1.74. The average molecular weight is 917 g/mol. The predicted octanol–water partition coefficient (Wildman–Crippen LogP) is -25.2. The van der Waals surface area contributed by atoms with Crippen LogP contribution in [0.15, 0.2) is 41.1 Å². The molecular formula is C46H50B22N2OS. The molecule has 3 heterocycles. The monoisotopic (exact) mass is 921 g/mol. The molecule has 3 nitrogen and oxygen atoms in total. The topological polar surface area (TPSA) is 38.9 Å². The van der Waals surface area contributed by atoms with Gasteiger partial charge in [-0.05, 0) is 73.0 Å². The molecule has 0 aliphatic carbocycles. The summed E-state index contributed by atoms with van der Waals surface area (Å²) in [5.74, 6) is 0. The van der Waals surface area contributed by atoms with Crippen molar-refractivity contribution in [2.45, 2.75) is 0 Å². The summed E-state index contributed by atoms with van der Waals surface area (Å²) in [6, 6.07) is 11.5. The number of aromatic nitrogens is 2. The van der Waals surface area contributed by atoms with Gasteiger partial charge in [-0.15, -0.1) is 44.1 Å². The second-order valence-electron chi connectivity index (χ2n) is 22.0. The molecule has 26 heteroatoms. The highest BCUT2D eigenvalue weighted by atomic mass is 32.1. The maximum atomic E-state index is 6.94. The van der Waals surface area contributed by atoms with Gasteiger partial charge in [0.25, 0.3) is 0 Å². The second-order valence-corrected chi connectivity index (χ2v) is 23.0. The van der Waals surface area contributed by atoms with Crippen LogP contribution in [0, 0.1) is 0 Å². The Morgan fingerprint density at radius 1 is 0.347 bits per heavy atom. The van der Waals surface area contributed by atoms with Crippen LogP contribution in [0.1, 0.15) is 0 Å².